The van der Waals surface area contributed by atoms with Crippen molar-refractivity contribution in [1.82, 2.24) is 15.0 Å². The highest BCUT2D eigenvalue weighted by atomic mass is 15.1. The first-order valence-electron chi connectivity index (χ1n) is 6.30. The van der Waals surface area contributed by atoms with Crippen LogP contribution in [-0.4, -0.2) is 27.0 Å². The molecule has 0 bridgehead atoms. The summed E-state index contributed by atoms with van der Waals surface area (Å²) in [5.74, 6) is 0.627. The fourth-order valence-electron chi connectivity index (χ4n) is 1.61. The Labute approximate surface area is 113 Å². The van der Waals surface area contributed by atoms with Gasteiger partial charge in [-0.15, -0.1) is 0 Å². The summed E-state index contributed by atoms with van der Waals surface area (Å²) in [5.41, 5.74) is 7.78. The molecule has 0 aliphatic heterocycles. The molecule has 100 valence electrons. The topological polar surface area (TPSA) is 76.7 Å². The molecule has 0 aliphatic carbocycles. The molecule has 0 unspecified atom stereocenters. The Morgan fingerprint density at radius 2 is 1.74 bits per heavy atom. The predicted octanol–water partition coefficient (Wildman–Crippen LogP) is 2.08. The second-order valence-electron chi connectivity index (χ2n) is 5.20. The van der Waals surface area contributed by atoms with Crippen molar-refractivity contribution in [1.29, 1.82) is 0 Å². The van der Waals surface area contributed by atoms with Gasteiger partial charge in [-0.1, -0.05) is 0 Å². The van der Waals surface area contributed by atoms with Crippen molar-refractivity contribution >= 4 is 5.95 Å². The minimum absolute atomic E-state index is 0.177. The maximum Gasteiger partial charge on any atom is 0.222 e. The van der Waals surface area contributed by atoms with E-state index in [0.29, 0.717) is 5.95 Å². The van der Waals surface area contributed by atoms with Gasteiger partial charge in [0.15, 0.2) is 0 Å². The van der Waals surface area contributed by atoms with Crippen LogP contribution >= 0.6 is 0 Å². The van der Waals surface area contributed by atoms with Crippen molar-refractivity contribution in [3.63, 3.8) is 0 Å². The monoisotopic (exact) mass is 257 g/mol. The minimum atomic E-state index is -0.177. The summed E-state index contributed by atoms with van der Waals surface area (Å²) in [6.45, 7) is 4.77. The maximum atomic E-state index is 5.91. The van der Waals surface area contributed by atoms with Crippen LogP contribution in [-0.2, 0) is 0 Å². The van der Waals surface area contributed by atoms with Crippen molar-refractivity contribution in [2.24, 2.45) is 5.73 Å². The second-order valence-corrected chi connectivity index (χ2v) is 5.20. The van der Waals surface area contributed by atoms with Gasteiger partial charge in [-0.2, -0.15) is 0 Å². The molecule has 2 aromatic heterocycles. The van der Waals surface area contributed by atoms with E-state index in [1.807, 2.05) is 26.0 Å². The van der Waals surface area contributed by atoms with E-state index in [9.17, 15) is 0 Å². The zero-order valence-corrected chi connectivity index (χ0v) is 11.3. The zero-order chi connectivity index (χ0) is 13.7. The maximum absolute atomic E-state index is 5.91. The fourth-order valence-corrected chi connectivity index (χ4v) is 1.61. The van der Waals surface area contributed by atoms with E-state index in [-0.39, 0.29) is 5.54 Å². The van der Waals surface area contributed by atoms with Crippen LogP contribution < -0.4 is 11.1 Å². The number of nitrogens with zero attached hydrogens (tertiary/aromatic N) is 3. The van der Waals surface area contributed by atoms with E-state index in [4.69, 9.17) is 5.73 Å². The smallest absolute Gasteiger partial charge is 0.222 e. The molecular weight excluding hydrogens is 238 g/mol. The number of hydrogen-bond acceptors (Lipinski definition) is 5. The van der Waals surface area contributed by atoms with Crippen LogP contribution in [0.15, 0.2) is 36.9 Å². The van der Waals surface area contributed by atoms with Crippen LogP contribution in [0.1, 0.15) is 20.3 Å². The number of nitrogens with two attached hydrogens (primary N) is 1. The third-order valence-corrected chi connectivity index (χ3v) is 2.72. The first-order valence-corrected chi connectivity index (χ1v) is 6.30. The van der Waals surface area contributed by atoms with Gasteiger partial charge < -0.3 is 11.1 Å². The van der Waals surface area contributed by atoms with E-state index in [2.05, 4.69) is 20.3 Å². The number of anilines is 1. The van der Waals surface area contributed by atoms with Gasteiger partial charge in [0.2, 0.25) is 5.95 Å². The summed E-state index contributed by atoms with van der Waals surface area (Å²) in [6, 6.07) is 3.87. The molecule has 0 saturated heterocycles. The van der Waals surface area contributed by atoms with Crippen LogP contribution in [0.4, 0.5) is 5.95 Å². The second kappa shape index (κ2) is 5.75. The van der Waals surface area contributed by atoms with Gasteiger partial charge in [0, 0.05) is 42.4 Å². The first kappa shape index (κ1) is 13.4. The summed E-state index contributed by atoms with van der Waals surface area (Å²) in [7, 11) is 0. The molecule has 0 aromatic carbocycles. The minimum Gasteiger partial charge on any atom is -0.354 e. The summed E-state index contributed by atoms with van der Waals surface area (Å²) in [4.78, 5) is 12.6. The van der Waals surface area contributed by atoms with Gasteiger partial charge in [-0.3, -0.25) is 4.98 Å². The molecule has 0 radical (unpaired) electrons. The SMILES string of the molecule is CC(C)(N)CCNc1ncc(-c2ccncc2)cn1. The lowest BCUT2D eigenvalue weighted by Crippen LogP contribution is -2.34. The molecule has 3 N–H and O–H groups in total. The van der Waals surface area contributed by atoms with Crippen molar-refractivity contribution in [3.8, 4) is 11.1 Å². The zero-order valence-electron chi connectivity index (χ0n) is 11.3. The van der Waals surface area contributed by atoms with Crippen LogP contribution in [0.3, 0.4) is 0 Å². The molecule has 2 heterocycles. The number of aromatic nitrogens is 3. The van der Waals surface area contributed by atoms with E-state index in [1.165, 1.54) is 0 Å². The highest BCUT2D eigenvalue weighted by Crippen LogP contribution is 2.16. The largest absolute Gasteiger partial charge is 0.354 e. The predicted molar refractivity (Wildman–Crippen MR) is 76.6 cm³/mol. The van der Waals surface area contributed by atoms with Gasteiger partial charge in [0.1, 0.15) is 0 Å². The highest BCUT2D eigenvalue weighted by Gasteiger charge is 2.09. The number of hydrogen-bond donors (Lipinski definition) is 2. The molecule has 0 spiro atoms. The summed E-state index contributed by atoms with van der Waals surface area (Å²) in [5, 5.41) is 3.17. The van der Waals surface area contributed by atoms with E-state index in [1.54, 1.807) is 24.8 Å². The van der Waals surface area contributed by atoms with Crippen LogP contribution in [0, 0.1) is 0 Å². The van der Waals surface area contributed by atoms with Gasteiger partial charge in [0.05, 0.1) is 0 Å². The van der Waals surface area contributed by atoms with Gasteiger partial charge in [-0.25, -0.2) is 9.97 Å². The molecule has 19 heavy (non-hydrogen) atoms. The Balaban J connectivity index is 1.96. The van der Waals surface area contributed by atoms with Crippen molar-refractivity contribution in [2.45, 2.75) is 25.8 Å². The number of pyridine rings is 1. The summed E-state index contributed by atoms with van der Waals surface area (Å²) >= 11 is 0. The van der Waals surface area contributed by atoms with E-state index in [0.717, 1.165) is 24.1 Å². The number of nitrogens with one attached hydrogen (secondary N) is 1. The molecule has 0 fully saturated rings. The Morgan fingerprint density at radius 3 is 2.32 bits per heavy atom. The first-order chi connectivity index (χ1) is 9.04. The van der Waals surface area contributed by atoms with E-state index < -0.39 is 0 Å². The summed E-state index contributed by atoms with van der Waals surface area (Å²) < 4.78 is 0. The lowest BCUT2D eigenvalue weighted by atomic mass is 10.0. The summed E-state index contributed by atoms with van der Waals surface area (Å²) in [6.07, 6.45) is 7.98. The molecule has 5 nitrogen and oxygen atoms in total. The molecular formula is C14H19N5. The Morgan fingerprint density at radius 1 is 1.11 bits per heavy atom. The molecule has 0 amide bonds. The van der Waals surface area contributed by atoms with Gasteiger partial charge in [0.25, 0.3) is 0 Å². The normalized spacial score (nSPS) is 11.3. The van der Waals surface area contributed by atoms with Gasteiger partial charge >= 0.3 is 0 Å². The standard InChI is InChI=1S/C14H19N5/c1-14(2,15)5-8-17-13-18-9-12(10-19-13)11-3-6-16-7-4-11/h3-4,6-7,9-10H,5,8,15H2,1-2H3,(H,17,18,19). The average molecular weight is 257 g/mol. The highest BCUT2D eigenvalue weighted by molar-refractivity contribution is 5.61. The lowest BCUT2D eigenvalue weighted by molar-refractivity contribution is 0.490. The molecule has 2 aromatic rings. The third kappa shape index (κ3) is 4.30. The van der Waals surface area contributed by atoms with Gasteiger partial charge in [-0.05, 0) is 38.0 Å². The van der Waals surface area contributed by atoms with Crippen LogP contribution in [0.2, 0.25) is 0 Å². The van der Waals surface area contributed by atoms with E-state index >= 15 is 0 Å². The Bertz CT molecular complexity index is 502. The average Bonchev–Trinajstić information content (AvgIpc) is 2.39. The third-order valence-electron chi connectivity index (χ3n) is 2.72. The van der Waals surface area contributed by atoms with Crippen molar-refractivity contribution in [2.75, 3.05) is 11.9 Å². The molecule has 0 saturated carbocycles. The molecule has 0 aliphatic rings. The van der Waals surface area contributed by atoms with Crippen LogP contribution in [0.25, 0.3) is 11.1 Å². The fraction of sp³-hybridized carbons (Fsp3) is 0.357. The molecule has 5 heteroatoms. The lowest BCUT2D eigenvalue weighted by Gasteiger charge is -2.18. The number of rotatable bonds is 5. The molecule has 2 rings (SSSR count). The quantitative estimate of drug-likeness (QED) is 0.857. The van der Waals surface area contributed by atoms with Crippen molar-refractivity contribution < 1.29 is 0 Å². The Hall–Kier alpha value is -2.01. The van der Waals surface area contributed by atoms with Crippen molar-refractivity contribution in [3.05, 3.63) is 36.9 Å². The molecule has 0 atom stereocenters. The van der Waals surface area contributed by atoms with Crippen LogP contribution in [0.5, 0.6) is 0 Å². The Kier molecular flexibility index (Phi) is 4.06.